The van der Waals surface area contributed by atoms with E-state index in [-0.39, 0.29) is 5.70 Å². The lowest BCUT2D eigenvalue weighted by atomic mass is 10.4. The van der Waals surface area contributed by atoms with Crippen LogP contribution in [0.15, 0.2) is 16.8 Å². The molecule has 3 heteroatoms. The van der Waals surface area contributed by atoms with Gasteiger partial charge in [0.1, 0.15) is 5.70 Å². The third kappa shape index (κ3) is 2.64. The number of rotatable bonds is 2. The first-order chi connectivity index (χ1) is 4.22. The van der Waals surface area contributed by atoms with E-state index < -0.39 is 5.97 Å². The van der Waals surface area contributed by atoms with Gasteiger partial charge in [0.05, 0.1) is 0 Å². The summed E-state index contributed by atoms with van der Waals surface area (Å²) in [6, 6.07) is 0. The first-order valence-corrected chi connectivity index (χ1v) is 2.60. The molecule has 0 heterocycles. The molecule has 0 aromatic rings. The van der Waals surface area contributed by atoms with Crippen LogP contribution in [-0.4, -0.2) is 17.3 Å². The molecule has 1 N–H and O–H groups in total. The Morgan fingerprint density at radius 1 is 1.56 bits per heavy atom. The molecule has 0 saturated carbocycles. The number of carboxylic acids is 1. The number of carbonyl (C=O) groups is 1. The first-order valence-electron chi connectivity index (χ1n) is 2.60. The Balaban J connectivity index is 4.19. The van der Waals surface area contributed by atoms with Crippen LogP contribution in [0.2, 0.25) is 0 Å². The van der Waals surface area contributed by atoms with E-state index in [4.69, 9.17) is 5.11 Å². The fraction of sp³-hybridized carbons (Fsp3) is 0.333. The Bertz CT molecular complexity index is 158. The van der Waals surface area contributed by atoms with Gasteiger partial charge in [-0.05, 0) is 13.8 Å². The van der Waals surface area contributed by atoms with Gasteiger partial charge in [0.2, 0.25) is 0 Å². The Morgan fingerprint density at radius 3 is 2.22 bits per heavy atom. The molecule has 0 aromatic heterocycles. The van der Waals surface area contributed by atoms with Crippen LogP contribution in [0.5, 0.6) is 0 Å². The van der Waals surface area contributed by atoms with E-state index in [1.54, 1.807) is 13.8 Å². The standard InChI is InChI=1S/C6H9NO2/c1-3-5(6(8)9)7-4-2/h3-4H,1-2H3,(H,8,9)/b5-3-,7-4-. The molecule has 0 amide bonds. The third-order valence-electron chi connectivity index (χ3n) is 0.761. The van der Waals surface area contributed by atoms with Crippen molar-refractivity contribution in [1.82, 2.24) is 0 Å². The maximum absolute atomic E-state index is 10.1. The molecule has 0 radical (unpaired) electrons. The molecule has 0 fully saturated rings. The number of hydrogen-bond acceptors (Lipinski definition) is 2. The highest BCUT2D eigenvalue weighted by molar-refractivity contribution is 5.87. The average molecular weight is 127 g/mol. The van der Waals surface area contributed by atoms with Gasteiger partial charge in [0.15, 0.2) is 0 Å². The van der Waals surface area contributed by atoms with E-state index >= 15 is 0 Å². The van der Waals surface area contributed by atoms with E-state index in [1.807, 2.05) is 0 Å². The molecule has 0 aromatic carbocycles. The van der Waals surface area contributed by atoms with Crippen LogP contribution in [0.3, 0.4) is 0 Å². The Morgan fingerprint density at radius 2 is 2.11 bits per heavy atom. The lowest BCUT2D eigenvalue weighted by Gasteiger charge is -1.88. The highest BCUT2D eigenvalue weighted by Crippen LogP contribution is 1.93. The van der Waals surface area contributed by atoms with Gasteiger partial charge < -0.3 is 5.11 Å². The third-order valence-corrected chi connectivity index (χ3v) is 0.761. The zero-order valence-corrected chi connectivity index (χ0v) is 5.46. The summed E-state index contributed by atoms with van der Waals surface area (Å²) in [5.41, 5.74) is 0.0810. The van der Waals surface area contributed by atoms with Crippen molar-refractivity contribution in [2.45, 2.75) is 13.8 Å². The van der Waals surface area contributed by atoms with Crippen LogP contribution in [0.4, 0.5) is 0 Å². The minimum atomic E-state index is -0.990. The van der Waals surface area contributed by atoms with Crippen molar-refractivity contribution in [3.05, 3.63) is 11.8 Å². The SMILES string of the molecule is C/C=N\C(=C/C)C(=O)O. The Labute approximate surface area is 53.7 Å². The van der Waals surface area contributed by atoms with Gasteiger partial charge in [0, 0.05) is 6.21 Å². The largest absolute Gasteiger partial charge is 0.477 e. The van der Waals surface area contributed by atoms with Crippen LogP contribution in [0.25, 0.3) is 0 Å². The maximum atomic E-state index is 10.1. The van der Waals surface area contributed by atoms with Gasteiger partial charge in [0.25, 0.3) is 0 Å². The fourth-order valence-corrected chi connectivity index (χ4v) is 0.392. The molecule has 50 valence electrons. The molecule has 3 nitrogen and oxygen atoms in total. The highest BCUT2D eigenvalue weighted by atomic mass is 16.4. The molecule has 0 aliphatic carbocycles. The summed E-state index contributed by atoms with van der Waals surface area (Å²) >= 11 is 0. The van der Waals surface area contributed by atoms with Crippen molar-refractivity contribution in [2.75, 3.05) is 0 Å². The molecule has 0 aliphatic heterocycles. The summed E-state index contributed by atoms with van der Waals surface area (Å²) < 4.78 is 0. The predicted octanol–water partition coefficient (Wildman–Crippen LogP) is 1.07. The smallest absolute Gasteiger partial charge is 0.354 e. The number of aliphatic imine (C=N–C) groups is 1. The van der Waals surface area contributed by atoms with E-state index in [9.17, 15) is 4.79 Å². The molecule has 0 atom stereocenters. The van der Waals surface area contributed by atoms with Crippen LogP contribution in [-0.2, 0) is 4.79 Å². The number of nitrogens with zero attached hydrogens (tertiary/aromatic N) is 1. The highest BCUT2D eigenvalue weighted by Gasteiger charge is 1.99. The van der Waals surface area contributed by atoms with Gasteiger partial charge >= 0.3 is 5.97 Å². The minimum Gasteiger partial charge on any atom is -0.477 e. The monoisotopic (exact) mass is 127 g/mol. The topological polar surface area (TPSA) is 49.7 Å². The first kappa shape index (κ1) is 7.88. The van der Waals surface area contributed by atoms with E-state index in [1.165, 1.54) is 12.3 Å². The second-order valence-corrected chi connectivity index (χ2v) is 1.37. The minimum absolute atomic E-state index is 0.0810. The molecule has 0 saturated heterocycles. The van der Waals surface area contributed by atoms with Crippen molar-refractivity contribution < 1.29 is 9.90 Å². The zero-order chi connectivity index (χ0) is 7.28. The molecule has 9 heavy (non-hydrogen) atoms. The second-order valence-electron chi connectivity index (χ2n) is 1.37. The molecule has 0 aliphatic rings. The summed E-state index contributed by atoms with van der Waals surface area (Å²) in [6.07, 6.45) is 2.89. The van der Waals surface area contributed by atoms with Crippen LogP contribution >= 0.6 is 0 Å². The number of hydrogen-bond donors (Lipinski definition) is 1. The van der Waals surface area contributed by atoms with Crippen LogP contribution in [0.1, 0.15) is 13.8 Å². The van der Waals surface area contributed by atoms with Crippen LogP contribution < -0.4 is 0 Å². The normalized spacial score (nSPS) is 12.4. The summed E-state index contributed by atoms with van der Waals surface area (Å²) in [7, 11) is 0. The van der Waals surface area contributed by atoms with E-state index in [0.717, 1.165) is 0 Å². The summed E-state index contributed by atoms with van der Waals surface area (Å²) in [5, 5.41) is 8.32. The maximum Gasteiger partial charge on any atom is 0.354 e. The summed E-state index contributed by atoms with van der Waals surface area (Å²) in [5.74, 6) is -0.990. The lowest BCUT2D eigenvalue weighted by molar-refractivity contribution is -0.132. The van der Waals surface area contributed by atoms with Gasteiger partial charge in [-0.1, -0.05) is 6.08 Å². The molecule has 0 unspecified atom stereocenters. The molecular formula is C6H9NO2. The van der Waals surface area contributed by atoms with E-state index in [0.29, 0.717) is 0 Å². The van der Waals surface area contributed by atoms with Crippen molar-refractivity contribution in [1.29, 1.82) is 0 Å². The summed E-state index contributed by atoms with van der Waals surface area (Å²) in [6.45, 7) is 3.31. The molecule has 0 spiro atoms. The van der Waals surface area contributed by atoms with Crippen molar-refractivity contribution in [3.63, 3.8) is 0 Å². The quantitative estimate of drug-likeness (QED) is 0.445. The van der Waals surface area contributed by atoms with Gasteiger partial charge in [-0.25, -0.2) is 4.79 Å². The van der Waals surface area contributed by atoms with Crippen molar-refractivity contribution >= 4 is 12.2 Å². The van der Waals surface area contributed by atoms with Crippen molar-refractivity contribution in [2.24, 2.45) is 4.99 Å². The lowest BCUT2D eigenvalue weighted by Crippen LogP contribution is -1.96. The second kappa shape index (κ2) is 3.83. The number of carboxylic acid groups (broad SMARTS) is 1. The predicted molar refractivity (Wildman–Crippen MR) is 35.6 cm³/mol. The van der Waals surface area contributed by atoms with Gasteiger partial charge in [-0.15, -0.1) is 0 Å². The fourth-order valence-electron chi connectivity index (χ4n) is 0.392. The van der Waals surface area contributed by atoms with Gasteiger partial charge in [-0.2, -0.15) is 0 Å². The molecule has 0 bridgehead atoms. The van der Waals surface area contributed by atoms with E-state index in [2.05, 4.69) is 4.99 Å². The van der Waals surface area contributed by atoms with Gasteiger partial charge in [-0.3, -0.25) is 4.99 Å². The molecule has 0 rings (SSSR count). The van der Waals surface area contributed by atoms with Crippen molar-refractivity contribution in [3.8, 4) is 0 Å². The number of aliphatic carboxylic acids is 1. The Kier molecular flexibility index (Phi) is 3.35. The Hall–Kier alpha value is -1.12. The summed E-state index contributed by atoms with van der Waals surface area (Å²) in [4.78, 5) is 13.7. The average Bonchev–Trinajstić information content (AvgIpc) is 1.82. The van der Waals surface area contributed by atoms with Crippen LogP contribution in [0, 0.1) is 0 Å². The number of allylic oxidation sites excluding steroid dienone is 1. The molecular weight excluding hydrogens is 118 g/mol. The zero-order valence-electron chi connectivity index (χ0n) is 5.46.